The monoisotopic (exact) mass is 208 g/mol. The summed E-state index contributed by atoms with van der Waals surface area (Å²) in [4.78, 5) is 0. The van der Waals surface area contributed by atoms with E-state index in [2.05, 4.69) is 27.1 Å². The lowest BCUT2D eigenvalue weighted by Crippen LogP contribution is -1.98. The molecule has 2 aromatic rings. The second-order valence-electron chi connectivity index (χ2n) is 2.93. The smallest absolute Gasteiger partial charge is 0.102 e. The van der Waals surface area contributed by atoms with Gasteiger partial charge in [0.1, 0.15) is 5.69 Å². The van der Waals surface area contributed by atoms with E-state index in [0.717, 1.165) is 24.5 Å². The summed E-state index contributed by atoms with van der Waals surface area (Å²) < 4.78 is 1.82. The van der Waals surface area contributed by atoms with Crippen molar-refractivity contribution in [2.45, 2.75) is 20.0 Å². The molecule has 0 bridgehead atoms. The average Bonchev–Trinajstić information content (AvgIpc) is 2.86. The molecule has 4 nitrogen and oxygen atoms in total. The Bertz CT molecular complexity index is 379. The van der Waals surface area contributed by atoms with Gasteiger partial charge in [0.05, 0.1) is 12.7 Å². The van der Waals surface area contributed by atoms with Crippen LogP contribution in [0.5, 0.6) is 0 Å². The number of thiophene rings is 1. The number of aryl methyl sites for hydroxylation is 1. The predicted molar refractivity (Wildman–Crippen MR) is 57.3 cm³/mol. The Hall–Kier alpha value is -1.36. The van der Waals surface area contributed by atoms with Crippen LogP contribution < -0.4 is 5.32 Å². The van der Waals surface area contributed by atoms with Crippen LogP contribution in [-0.4, -0.2) is 15.0 Å². The van der Waals surface area contributed by atoms with E-state index in [4.69, 9.17) is 0 Å². The van der Waals surface area contributed by atoms with Crippen LogP contribution >= 0.6 is 11.3 Å². The zero-order chi connectivity index (χ0) is 9.80. The first kappa shape index (κ1) is 9.21. The highest BCUT2D eigenvalue weighted by atomic mass is 32.1. The fourth-order valence-electron chi connectivity index (χ4n) is 1.13. The largest absolute Gasteiger partial charge is 0.379 e. The zero-order valence-corrected chi connectivity index (χ0v) is 8.79. The van der Waals surface area contributed by atoms with Gasteiger partial charge in [0.15, 0.2) is 0 Å². The second kappa shape index (κ2) is 4.23. The number of nitrogens with one attached hydrogen (secondary N) is 1. The first-order valence-corrected chi connectivity index (χ1v) is 5.48. The van der Waals surface area contributed by atoms with E-state index in [-0.39, 0.29) is 0 Å². The molecule has 0 saturated carbocycles. The number of hydrogen-bond acceptors (Lipinski definition) is 4. The van der Waals surface area contributed by atoms with Gasteiger partial charge in [-0.3, -0.25) is 4.68 Å². The molecule has 0 saturated heterocycles. The molecule has 2 heterocycles. The fraction of sp³-hybridized carbons (Fsp3) is 0.333. The van der Waals surface area contributed by atoms with E-state index in [1.807, 2.05) is 23.2 Å². The molecule has 0 fully saturated rings. The minimum absolute atomic E-state index is 0.733. The lowest BCUT2D eigenvalue weighted by atomic mass is 10.4. The predicted octanol–water partition coefficient (Wildman–Crippen LogP) is 1.97. The van der Waals surface area contributed by atoms with Gasteiger partial charge in [-0.2, -0.15) is 11.3 Å². The van der Waals surface area contributed by atoms with E-state index < -0.39 is 0 Å². The summed E-state index contributed by atoms with van der Waals surface area (Å²) >= 11 is 1.68. The highest BCUT2D eigenvalue weighted by Gasteiger charge is 1.98. The molecule has 0 aliphatic heterocycles. The van der Waals surface area contributed by atoms with Crippen LogP contribution in [0.25, 0.3) is 0 Å². The van der Waals surface area contributed by atoms with E-state index in [0.29, 0.717) is 0 Å². The van der Waals surface area contributed by atoms with E-state index in [1.54, 1.807) is 11.3 Å². The van der Waals surface area contributed by atoms with Crippen LogP contribution in [0.3, 0.4) is 0 Å². The zero-order valence-electron chi connectivity index (χ0n) is 7.97. The van der Waals surface area contributed by atoms with Crippen molar-refractivity contribution in [3.8, 4) is 0 Å². The van der Waals surface area contributed by atoms with E-state index in [9.17, 15) is 0 Å². The van der Waals surface area contributed by atoms with Crippen LogP contribution in [0, 0.1) is 0 Å². The highest BCUT2D eigenvalue weighted by Crippen LogP contribution is 2.12. The average molecular weight is 208 g/mol. The second-order valence-corrected chi connectivity index (χ2v) is 3.71. The van der Waals surface area contributed by atoms with Crippen molar-refractivity contribution in [2.75, 3.05) is 5.32 Å². The molecule has 0 spiro atoms. The molecule has 0 aliphatic carbocycles. The molecule has 2 aromatic heterocycles. The quantitative estimate of drug-likeness (QED) is 0.835. The first-order chi connectivity index (χ1) is 6.88. The van der Waals surface area contributed by atoms with Crippen molar-refractivity contribution in [2.24, 2.45) is 0 Å². The van der Waals surface area contributed by atoms with Gasteiger partial charge in [-0.15, -0.1) is 5.10 Å². The Kier molecular flexibility index (Phi) is 2.78. The fourth-order valence-corrected chi connectivity index (χ4v) is 1.74. The topological polar surface area (TPSA) is 42.7 Å². The lowest BCUT2D eigenvalue weighted by molar-refractivity contribution is 0.626. The summed E-state index contributed by atoms with van der Waals surface area (Å²) in [6.45, 7) is 3.65. The maximum Gasteiger partial charge on any atom is 0.102 e. The van der Waals surface area contributed by atoms with Gasteiger partial charge in [-0.05, 0) is 18.4 Å². The maximum atomic E-state index is 4.04. The summed E-state index contributed by atoms with van der Waals surface area (Å²) in [5, 5.41) is 15.4. The minimum atomic E-state index is 0.733. The summed E-state index contributed by atoms with van der Waals surface area (Å²) in [7, 11) is 0. The van der Waals surface area contributed by atoms with Crippen molar-refractivity contribution in [3.05, 3.63) is 28.7 Å². The van der Waals surface area contributed by atoms with Gasteiger partial charge >= 0.3 is 0 Å². The van der Waals surface area contributed by atoms with Gasteiger partial charge in [0.2, 0.25) is 0 Å². The van der Waals surface area contributed by atoms with Gasteiger partial charge in [-0.25, -0.2) is 0 Å². The molecular weight excluding hydrogens is 196 g/mol. The number of aromatic nitrogens is 3. The lowest BCUT2D eigenvalue weighted by Gasteiger charge is -1.98. The molecule has 0 aromatic carbocycles. The van der Waals surface area contributed by atoms with Crippen molar-refractivity contribution in [1.29, 1.82) is 0 Å². The van der Waals surface area contributed by atoms with Crippen molar-refractivity contribution < 1.29 is 0 Å². The molecule has 0 amide bonds. The molecule has 5 heteroatoms. The first-order valence-electron chi connectivity index (χ1n) is 4.53. The van der Waals surface area contributed by atoms with Gasteiger partial charge in [0, 0.05) is 17.6 Å². The Labute approximate surface area is 86.6 Å². The van der Waals surface area contributed by atoms with Crippen LogP contribution in [0.1, 0.15) is 12.6 Å². The van der Waals surface area contributed by atoms with Crippen LogP contribution in [-0.2, 0) is 13.1 Å². The Morgan fingerprint density at radius 1 is 1.57 bits per heavy atom. The standard InChI is InChI=1S/C9H12N4S/c1-2-13-6-9(11-12-13)5-10-8-3-4-14-7-8/h3-4,6-7,10H,2,5H2,1H3. The van der Waals surface area contributed by atoms with E-state index >= 15 is 0 Å². The molecule has 74 valence electrons. The number of hydrogen-bond donors (Lipinski definition) is 1. The number of nitrogens with zero attached hydrogens (tertiary/aromatic N) is 3. The summed E-state index contributed by atoms with van der Waals surface area (Å²) in [5.74, 6) is 0. The third kappa shape index (κ3) is 2.11. The highest BCUT2D eigenvalue weighted by molar-refractivity contribution is 7.08. The Morgan fingerprint density at radius 3 is 3.14 bits per heavy atom. The molecule has 0 atom stereocenters. The molecule has 1 N–H and O–H groups in total. The molecular formula is C9H12N4S. The molecule has 0 unspecified atom stereocenters. The SMILES string of the molecule is CCn1cc(CNc2ccsc2)nn1. The molecule has 2 rings (SSSR count). The summed E-state index contributed by atoms with van der Waals surface area (Å²) in [5.41, 5.74) is 2.11. The summed E-state index contributed by atoms with van der Waals surface area (Å²) in [6, 6.07) is 2.05. The van der Waals surface area contributed by atoms with E-state index in [1.165, 1.54) is 0 Å². The third-order valence-corrected chi connectivity index (χ3v) is 2.59. The molecule has 0 radical (unpaired) electrons. The minimum Gasteiger partial charge on any atom is -0.379 e. The van der Waals surface area contributed by atoms with Crippen molar-refractivity contribution >= 4 is 17.0 Å². The third-order valence-electron chi connectivity index (χ3n) is 1.90. The normalized spacial score (nSPS) is 10.4. The Balaban J connectivity index is 1.92. The van der Waals surface area contributed by atoms with Crippen LogP contribution in [0.15, 0.2) is 23.0 Å². The maximum absolute atomic E-state index is 4.04. The van der Waals surface area contributed by atoms with Crippen molar-refractivity contribution in [1.82, 2.24) is 15.0 Å². The van der Waals surface area contributed by atoms with Crippen LogP contribution in [0.2, 0.25) is 0 Å². The Morgan fingerprint density at radius 2 is 2.50 bits per heavy atom. The summed E-state index contributed by atoms with van der Waals surface area (Å²) in [6.07, 6.45) is 1.96. The van der Waals surface area contributed by atoms with Gasteiger partial charge < -0.3 is 5.32 Å². The van der Waals surface area contributed by atoms with Crippen LogP contribution in [0.4, 0.5) is 5.69 Å². The van der Waals surface area contributed by atoms with Crippen molar-refractivity contribution in [3.63, 3.8) is 0 Å². The van der Waals surface area contributed by atoms with Gasteiger partial charge in [0.25, 0.3) is 0 Å². The molecule has 14 heavy (non-hydrogen) atoms. The molecule has 0 aliphatic rings. The number of rotatable bonds is 4. The number of anilines is 1. The van der Waals surface area contributed by atoms with Gasteiger partial charge in [-0.1, -0.05) is 5.21 Å².